The molecular formula is C18H15Cl2NO5. The molecular weight excluding hydrogens is 381 g/mol. The van der Waals surface area contributed by atoms with Crippen molar-refractivity contribution in [2.45, 2.75) is 6.42 Å². The summed E-state index contributed by atoms with van der Waals surface area (Å²) in [5.41, 5.74) is 0.552. The largest absolute Gasteiger partial charge is 0.504 e. The SMILES string of the molecule is O=C(Cc1c(Cl)cncc1Cl)c1ccc(O)c2c1OCC1(COC1)CO2. The number of pyridine rings is 1. The number of fused-ring (bicyclic) bond motifs is 1. The van der Waals surface area contributed by atoms with Crippen molar-refractivity contribution in [2.24, 2.45) is 5.41 Å². The number of ketones is 1. The number of phenolic OH excluding ortho intramolecular Hbond substituents is 1. The summed E-state index contributed by atoms with van der Waals surface area (Å²) >= 11 is 12.2. The third-order valence-corrected chi connectivity index (χ3v) is 5.19. The van der Waals surface area contributed by atoms with Crippen LogP contribution in [-0.2, 0) is 11.2 Å². The number of phenols is 1. The van der Waals surface area contributed by atoms with E-state index in [0.717, 1.165) is 0 Å². The minimum Gasteiger partial charge on any atom is -0.504 e. The number of rotatable bonds is 3. The average molecular weight is 396 g/mol. The van der Waals surface area contributed by atoms with Gasteiger partial charge in [-0.25, -0.2) is 0 Å². The number of benzene rings is 1. The molecule has 1 aromatic carbocycles. The first-order valence-corrected chi connectivity index (χ1v) is 8.75. The summed E-state index contributed by atoms with van der Waals surface area (Å²) in [6.07, 6.45) is 2.86. The van der Waals surface area contributed by atoms with E-state index in [0.29, 0.717) is 47.6 Å². The lowest BCUT2D eigenvalue weighted by molar-refractivity contribution is -0.143. The first-order chi connectivity index (χ1) is 12.5. The highest BCUT2D eigenvalue weighted by molar-refractivity contribution is 6.36. The van der Waals surface area contributed by atoms with Crippen molar-refractivity contribution in [3.8, 4) is 17.2 Å². The lowest BCUT2D eigenvalue weighted by Crippen LogP contribution is -2.50. The monoisotopic (exact) mass is 395 g/mol. The molecule has 3 heterocycles. The third kappa shape index (κ3) is 2.98. The summed E-state index contributed by atoms with van der Waals surface area (Å²) in [6, 6.07) is 2.93. The van der Waals surface area contributed by atoms with Gasteiger partial charge < -0.3 is 19.3 Å². The molecule has 1 N–H and O–H groups in total. The number of Topliss-reactive ketones (excluding diaryl/α,β-unsaturated/α-hetero) is 1. The van der Waals surface area contributed by atoms with Crippen LogP contribution in [0.3, 0.4) is 0 Å². The van der Waals surface area contributed by atoms with Crippen molar-refractivity contribution in [1.82, 2.24) is 4.98 Å². The van der Waals surface area contributed by atoms with Crippen molar-refractivity contribution < 1.29 is 24.1 Å². The van der Waals surface area contributed by atoms with Gasteiger partial charge in [0.15, 0.2) is 17.3 Å². The molecule has 26 heavy (non-hydrogen) atoms. The summed E-state index contributed by atoms with van der Waals surface area (Å²) in [6.45, 7) is 1.74. The Balaban J connectivity index is 1.66. The predicted octanol–water partition coefficient (Wildman–Crippen LogP) is 3.31. The fraction of sp³-hybridized carbons (Fsp3) is 0.333. The second-order valence-electron chi connectivity index (χ2n) is 6.54. The van der Waals surface area contributed by atoms with Crippen LogP contribution in [0.2, 0.25) is 10.0 Å². The molecule has 136 valence electrons. The van der Waals surface area contributed by atoms with E-state index >= 15 is 0 Å². The molecule has 0 aliphatic carbocycles. The molecule has 4 rings (SSSR count). The molecule has 0 amide bonds. The van der Waals surface area contributed by atoms with E-state index in [9.17, 15) is 9.90 Å². The molecule has 0 atom stereocenters. The maximum Gasteiger partial charge on any atom is 0.204 e. The highest BCUT2D eigenvalue weighted by atomic mass is 35.5. The molecule has 8 heteroatoms. The maximum absolute atomic E-state index is 12.9. The molecule has 0 radical (unpaired) electrons. The zero-order valence-electron chi connectivity index (χ0n) is 13.6. The van der Waals surface area contributed by atoms with Crippen molar-refractivity contribution >= 4 is 29.0 Å². The topological polar surface area (TPSA) is 77.9 Å². The van der Waals surface area contributed by atoms with Crippen molar-refractivity contribution in [3.63, 3.8) is 0 Å². The number of halogens is 2. The Labute approximate surface area is 159 Å². The molecule has 2 aliphatic rings. The smallest absolute Gasteiger partial charge is 0.204 e. The van der Waals surface area contributed by atoms with Crippen molar-refractivity contribution in [2.75, 3.05) is 26.4 Å². The molecule has 1 spiro atoms. The number of ether oxygens (including phenoxy) is 3. The maximum atomic E-state index is 12.9. The van der Waals surface area contributed by atoms with E-state index in [4.69, 9.17) is 37.4 Å². The van der Waals surface area contributed by atoms with Gasteiger partial charge >= 0.3 is 0 Å². The van der Waals surface area contributed by atoms with E-state index in [2.05, 4.69) is 4.98 Å². The van der Waals surface area contributed by atoms with E-state index < -0.39 is 0 Å². The van der Waals surface area contributed by atoms with Crippen molar-refractivity contribution in [3.05, 3.63) is 45.7 Å². The number of hydrogen-bond acceptors (Lipinski definition) is 6. The van der Waals surface area contributed by atoms with Crippen LogP contribution in [0.5, 0.6) is 17.2 Å². The number of hydrogen-bond donors (Lipinski definition) is 1. The van der Waals surface area contributed by atoms with Gasteiger partial charge in [0.25, 0.3) is 0 Å². The summed E-state index contributed by atoms with van der Waals surface area (Å²) < 4.78 is 16.9. The van der Waals surface area contributed by atoms with Crippen LogP contribution in [0.15, 0.2) is 24.5 Å². The molecule has 1 aromatic heterocycles. The Kier molecular flexibility index (Phi) is 4.42. The zero-order chi connectivity index (χ0) is 18.3. The second-order valence-corrected chi connectivity index (χ2v) is 7.36. The van der Waals surface area contributed by atoms with Crippen LogP contribution < -0.4 is 9.47 Å². The Hall–Kier alpha value is -2.02. The highest BCUT2D eigenvalue weighted by Gasteiger charge is 2.43. The van der Waals surface area contributed by atoms with Crippen LogP contribution in [0.4, 0.5) is 0 Å². The third-order valence-electron chi connectivity index (χ3n) is 4.54. The lowest BCUT2D eigenvalue weighted by Gasteiger charge is -2.38. The van der Waals surface area contributed by atoms with Gasteiger partial charge in [0.05, 0.1) is 34.2 Å². The fourth-order valence-corrected chi connectivity index (χ4v) is 3.47. The number of carbonyl (C=O) groups excluding carboxylic acids is 1. The van der Waals surface area contributed by atoms with Gasteiger partial charge in [-0.2, -0.15) is 0 Å². The molecule has 0 saturated carbocycles. The molecule has 1 saturated heterocycles. The van der Waals surface area contributed by atoms with Gasteiger partial charge in [-0.3, -0.25) is 9.78 Å². The molecule has 0 unspecified atom stereocenters. The Morgan fingerprint density at radius 3 is 2.35 bits per heavy atom. The van der Waals surface area contributed by atoms with E-state index in [1.165, 1.54) is 24.5 Å². The molecule has 0 bridgehead atoms. The van der Waals surface area contributed by atoms with Crippen LogP contribution in [-0.4, -0.2) is 42.3 Å². The van der Waals surface area contributed by atoms with Gasteiger partial charge in [0, 0.05) is 24.4 Å². The van der Waals surface area contributed by atoms with Gasteiger partial charge in [-0.1, -0.05) is 23.2 Å². The summed E-state index contributed by atoms with van der Waals surface area (Å²) in [5, 5.41) is 10.8. The van der Waals surface area contributed by atoms with Gasteiger partial charge in [-0.05, 0) is 12.1 Å². The Bertz CT molecular complexity index is 862. The van der Waals surface area contributed by atoms with Crippen LogP contribution in [0, 0.1) is 5.41 Å². The van der Waals surface area contributed by atoms with Crippen LogP contribution in [0.25, 0.3) is 0 Å². The van der Waals surface area contributed by atoms with E-state index in [-0.39, 0.29) is 34.9 Å². The minimum absolute atomic E-state index is 0.0188. The highest BCUT2D eigenvalue weighted by Crippen LogP contribution is 2.45. The number of nitrogens with zero attached hydrogens (tertiary/aromatic N) is 1. The van der Waals surface area contributed by atoms with Crippen molar-refractivity contribution in [1.29, 1.82) is 0 Å². The normalized spacial score (nSPS) is 17.5. The summed E-state index contributed by atoms with van der Waals surface area (Å²) in [4.78, 5) is 16.8. The number of aromatic nitrogens is 1. The van der Waals surface area contributed by atoms with Gasteiger partial charge in [-0.15, -0.1) is 0 Å². The van der Waals surface area contributed by atoms with Crippen LogP contribution >= 0.6 is 23.2 Å². The number of carbonyl (C=O) groups is 1. The van der Waals surface area contributed by atoms with Gasteiger partial charge in [0.1, 0.15) is 13.2 Å². The first-order valence-electron chi connectivity index (χ1n) is 7.99. The quantitative estimate of drug-likeness (QED) is 0.803. The predicted molar refractivity (Wildman–Crippen MR) is 94.6 cm³/mol. The summed E-state index contributed by atoms with van der Waals surface area (Å²) in [7, 11) is 0. The lowest BCUT2D eigenvalue weighted by atomic mass is 9.88. The number of aromatic hydroxyl groups is 1. The second kappa shape index (κ2) is 6.61. The standard InChI is InChI=1S/C18H15Cl2NO5/c19-12-4-21-5-13(20)11(12)3-15(23)10-1-2-14(22)17-16(10)25-8-18(9-26-17)6-24-7-18/h1-2,4-5,22H,3,6-9H2. The minimum atomic E-state index is -0.249. The van der Waals surface area contributed by atoms with E-state index in [1.54, 1.807) is 0 Å². The van der Waals surface area contributed by atoms with Gasteiger partial charge in [0.2, 0.25) is 5.75 Å². The molecule has 2 aromatic rings. The zero-order valence-corrected chi connectivity index (χ0v) is 15.1. The molecule has 2 aliphatic heterocycles. The summed E-state index contributed by atoms with van der Waals surface area (Å²) in [5.74, 6) is 0.0844. The molecule has 1 fully saturated rings. The Morgan fingerprint density at radius 2 is 1.73 bits per heavy atom. The first kappa shape index (κ1) is 17.4. The fourth-order valence-electron chi connectivity index (χ4n) is 2.97. The Morgan fingerprint density at radius 1 is 1.08 bits per heavy atom. The van der Waals surface area contributed by atoms with Crippen LogP contribution in [0.1, 0.15) is 15.9 Å². The van der Waals surface area contributed by atoms with E-state index in [1.807, 2.05) is 0 Å². The molecule has 6 nitrogen and oxygen atoms in total. The average Bonchev–Trinajstić information content (AvgIpc) is 2.79.